The molecule has 190 valence electrons. The number of phenolic OH excluding ortho intramolecular Hbond substituents is 1. The van der Waals surface area contributed by atoms with Crippen LogP contribution in [0.25, 0.3) is 5.76 Å². The number of nitrogens with two attached hydrogens (primary N) is 1. The average Bonchev–Trinajstić information content (AvgIpc) is 2.74. The Morgan fingerprint density at radius 1 is 1.17 bits per heavy atom. The SMILES string of the molecule is CN(C)c1cc(C#CC(C)(C)C)c(O)c2c1C[C@H]1C[C@H]3CC(=O)C(C(N)=O)=C(O)[C@@]3(O)C(=O)C1=C2O. The van der Waals surface area contributed by atoms with Gasteiger partial charge in [0, 0.05) is 43.1 Å². The summed E-state index contributed by atoms with van der Waals surface area (Å²) in [6.45, 7) is 5.75. The number of rotatable bonds is 2. The third-order valence-electron chi connectivity index (χ3n) is 7.09. The van der Waals surface area contributed by atoms with E-state index < -0.39 is 52.0 Å². The van der Waals surface area contributed by atoms with Gasteiger partial charge in [-0.3, -0.25) is 14.4 Å². The molecule has 0 heterocycles. The summed E-state index contributed by atoms with van der Waals surface area (Å²) in [5.74, 6) is -0.510. The molecule has 9 nitrogen and oxygen atoms in total. The maximum absolute atomic E-state index is 13.6. The van der Waals surface area contributed by atoms with Gasteiger partial charge in [0.05, 0.1) is 11.1 Å². The molecule has 6 N–H and O–H groups in total. The van der Waals surface area contributed by atoms with Crippen molar-refractivity contribution < 1.29 is 34.8 Å². The van der Waals surface area contributed by atoms with Crippen molar-refractivity contribution in [3.05, 3.63) is 39.7 Å². The molecule has 4 rings (SSSR count). The van der Waals surface area contributed by atoms with Crippen LogP contribution in [0.3, 0.4) is 0 Å². The maximum atomic E-state index is 13.6. The largest absolute Gasteiger partial charge is 0.508 e. The molecule has 0 bridgehead atoms. The Balaban J connectivity index is 1.97. The lowest BCUT2D eigenvalue weighted by atomic mass is 9.59. The molecule has 1 fully saturated rings. The minimum absolute atomic E-state index is 0.0338. The van der Waals surface area contributed by atoms with Crippen molar-refractivity contribution in [2.45, 2.75) is 45.6 Å². The van der Waals surface area contributed by atoms with Crippen LogP contribution in [-0.2, 0) is 20.8 Å². The van der Waals surface area contributed by atoms with Crippen LogP contribution < -0.4 is 10.6 Å². The van der Waals surface area contributed by atoms with Gasteiger partial charge in [-0.15, -0.1) is 0 Å². The number of phenols is 1. The van der Waals surface area contributed by atoms with Gasteiger partial charge in [-0.2, -0.15) is 0 Å². The Labute approximate surface area is 208 Å². The zero-order chi connectivity index (χ0) is 26.9. The zero-order valence-corrected chi connectivity index (χ0v) is 20.9. The van der Waals surface area contributed by atoms with Crippen LogP contribution in [0.15, 0.2) is 23.0 Å². The number of aliphatic hydroxyl groups is 3. The summed E-state index contributed by atoms with van der Waals surface area (Å²) in [6, 6.07) is 1.73. The number of nitrogens with zero attached hydrogens (tertiary/aromatic N) is 1. The topological polar surface area (TPSA) is 161 Å². The van der Waals surface area contributed by atoms with E-state index in [0.717, 1.165) is 0 Å². The number of aliphatic hydroxyl groups excluding tert-OH is 2. The molecule has 0 unspecified atom stereocenters. The molecule has 1 aromatic carbocycles. The first kappa shape index (κ1) is 25.3. The van der Waals surface area contributed by atoms with Crippen LogP contribution >= 0.6 is 0 Å². The molecule has 36 heavy (non-hydrogen) atoms. The summed E-state index contributed by atoms with van der Waals surface area (Å²) in [5, 5.41) is 44.5. The second-order valence-corrected chi connectivity index (χ2v) is 10.9. The van der Waals surface area contributed by atoms with Crippen LogP contribution in [-0.4, -0.2) is 57.6 Å². The summed E-state index contributed by atoms with van der Waals surface area (Å²) in [6.07, 6.45) is -0.0281. The van der Waals surface area contributed by atoms with Crippen LogP contribution in [0.2, 0.25) is 0 Å². The fraction of sp³-hybridized carbons (Fsp3) is 0.444. The normalized spacial score (nSPS) is 25.5. The van der Waals surface area contributed by atoms with Crippen molar-refractivity contribution in [1.82, 2.24) is 0 Å². The molecule has 3 aliphatic carbocycles. The Bertz CT molecular complexity index is 1350. The van der Waals surface area contributed by atoms with E-state index >= 15 is 0 Å². The van der Waals surface area contributed by atoms with Crippen molar-refractivity contribution in [3.63, 3.8) is 0 Å². The predicted molar refractivity (Wildman–Crippen MR) is 132 cm³/mol. The minimum atomic E-state index is -2.58. The molecule has 0 spiro atoms. The van der Waals surface area contributed by atoms with Crippen LogP contribution in [0.4, 0.5) is 5.69 Å². The molecule has 9 heteroatoms. The number of carbonyl (C=O) groups excluding carboxylic acids is 3. The first-order chi connectivity index (χ1) is 16.6. The quantitative estimate of drug-likeness (QED) is 0.308. The highest BCUT2D eigenvalue weighted by atomic mass is 16.3. The molecular formula is C27H30N2O7. The number of anilines is 1. The van der Waals surface area contributed by atoms with Gasteiger partial charge in [0.2, 0.25) is 5.78 Å². The van der Waals surface area contributed by atoms with E-state index in [1.807, 2.05) is 39.8 Å². The number of hydrogen-bond acceptors (Lipinski definition) is 8. The third-order valence-corrected chi connectivity index (χ3v) is 7.09. The van der Waals surface area contributed by atoms with Gasteiger partial charge >= 0.3 is 0 Å². The third kappa shape index (κ3) is 3.64. The summed E-state index contributed by atoms with van der Waals surface area (Å²) in [7, 11) is 3.62. The number of primary amides is 1. The van der Waals surface area contributed by atoms with Gasteiger partial charge in [-0.1, -0.05) is 11.8 Å². The highest BCUT2D eigenvalue weighted by molar-refractivity contribution is 6.22. The highest BCUT2D eigenvalue weighted by Crippen LogP contribution is 2.53. The summed E-state index contributed by atoms with van der Waals surface area (Å²) in [4.78, 5) is 39.7. The Kier molecular flexibility index (Phi) is 5.72. The first-order valence-corrected chi connectivity index (χ1v) is 11.7. The maximum Gasteiger partial charge on any atom is 0.255 e. The van der Waals surface area contributed by atoms with Gasteiger partial charge in [0.25, 0.3) is 5.91 Å². The highest BCUT2D eigenvalue weighted by Gasteiger charge is 2.60. The molecule has 3 atom stereocenters. The fourth-order valence-electron chi connectivity index (χ4n) is 5.42. The molecule has 1 saturated carbocycles. The number of hydrogen-bond donors (Lipinski definition) is 5. The van der Waals surface area contributed by atoms with E-state index in [2.05, 4.69) is 11.8 Å². The van der Waals surface area contributed by atoms with E-state index in [4.69, 9.17) is 5.73 Å². The van der Waals surface area contributed by atoms with Crippen molar-refractivity contribution in [3.8, 4) is 17.6 Å². The van der Waals surface area contributed by atoms with Gasteiger partial charge in [-0.05, 0) is 51.2 Å². The molecule has 0 aliphatic heterocycles. The number of amides is 1. The van der Waals surface area contributed by atoms with Gasteiger partial charge in [-0.25, -0.2) is 0 Å². The van der Waals surface area contributed by atoms with E-state index in [1.54, 1.807) is 6.07 Å². The van der Waals surface area contributed by atoms with E-state index in [0.29, 0.717) is 11.3 Å². The molecule has 1 amide bonds. The standard InChI is InChI=1S/C27H30N2O7/c1-26(2,3)7-6-12-10-16(29(4)5)15-9-13-8-14-11-17(30)20(25(28)35)24(34)27(14,36)23(33)18(13)22(32)19(15)21(12)31/h10,13-14,31-32,34,36H,8-9,11H2,1-5H3,(H2,28,35)/t13-,14+,27+/m1/s1. The molecule has 3 aliphatic rings. The monoisotopic (exact) mass is 494 g/mol. The minimum Gasteiger partial charge on any atom is -0.508 e. The second kappa shape index (κ2) is 8.14. The zero-order valence-electron chi connectivity index (χ0n) is 20.9. The van der Waals surface area contributed by atoms with Crippen LogP contribution in [0.5, 0.6) is 5.75 Å². The lowest BCUT2D eigenvalue weighted by molar-refractivity contribution is -0.147. The van der Waals surface area contributed by atoms with Crippen molar-refractivity contribution in [1.29, 1.82) is 0 Å². The number of carbonyl (C=O) groups is 3. The number of ketones is 2. The van der Waals surface area contributed by atoms with Gasteiger partial charge in [0.1, 0.15) is 22.8 Å². The first-order valence-electron chi connectivity index (χ1n) is 11.7. The van der Waals surface area contributed by atoms with Gasteiger partial charge in [0.15, 0.2) is 11.4 Å². The number of Topliss-reactive ketones (excluding diaryl/α,β-unsaturated/α-hetero) is 2. The predicted octanol–water partition coefficient (Wildman–Crippen LogP) is 1.89. The Morgan fingerprint density at radius 3 is 2.36 bits per heavy atom. The lowest BCUT2D eigenvalue weighted by Crippen LogP contribution is -2.58. The summed E-state index contributed by atoms with van der Waals surface area (Å²) in [5.41, 5.74) is 2.89. The molecule has 0 radical (unpaired) electrons. The summed E-state index contributed by atoms with van der Waals surface area (Å²) >= 11 is 0. The smallest absolute Gasteiger partial charge is 0.255 e. The second-order valence-electron chi connectivity index (χ2n) is 10.9. The number of benzene rings is 1. The molecule has 0 saturated heterocycles. The number of fused-ring (bicyclic) bond motifs is 3. The van der Waals surface area contributed by atoms with E-state index in [9.17, 15) is 34.8 Å². The van der Waals surface area contributed by atoms with Crippen molar-refractivity contribution in [2.75, 3.05) is 19.0 Å². The van der Waals surface area contributed by atoms with Crippen LogP contribution in [0, 0.1) is 29.1 Å². The van der Waals surface area contributed by atoms with E-state index in [-0.39, 0.29) is 47.1 Å². The molecular weight excluding hydrogens is 464 g/mol. The fourth-order valence-corrected chi connectivity index (χ4v) is 5.42. The Morgan fingerprint density at radius 2 is 1.81 bits per heavy atom. The molecule has 1 aromatic rings. The van der Waals surface area contributed by atoms with Gasteiger partial charge < -0.3 is 31.1 Å². The molecule has 0 aromatic heterocycles. The van der Waals surface area contributed by atoms with Crippen LogP contribution in [0.1, 0.15) is 50.3 Å². The number of aromatic hydroxyl groups is 1. The lowest BCUT2D eigenvalue weighted by Gasteiger charge is -2.46. The van der Waals surface area contributed by atoms with Crippen molar-refractivity contribution >= 4 is 28.9 Å². The summed E-state index contributed by atoms with van der Waals surface area (Å²) < 4.78 is 0. The Hall–Kier alpha value is -3.77. The average molecular weight is 495 g/mol. The van der Waals surface area contributed by atoms with Crippen molar-refractivity contribution in [2.24, 2.45) is 23.0 Å². The van der Waals surface area contributed by atoms with E-state index in [1.165, 1.54) is 0 Å².